The van der Waals surface area contributed by atoms with Crippen molar-refractivity contribution in [2.75, 3.05) is 13.6 Å². The van der Waals surface area contributed by atoms with Crippen LogP contribution in [0.5, 0.6) is 0 Å². The van der Waals surface area contributed by atoms with Gasteiger partial charge < -0.3 is 10.2 Å². The maximum atomic E-state index is 13.1. The van der Waals surface area contributed by atoms with E-state index in [2.05, 4.69) is 5.32 Å². The molecule has 31 heavy (non-hydrogen) atoms. The Hall–Kier alpha value is -3.20. The number of benzene rings is 2. The highest BCUT2D eigenvalue weighted by Crippen LogP contribution is 2.30. The van der Waals surface area contributed by atoms with E-state index in [1.807, 2.05) is 31.2 Å². The first-order chi connectivity index (χ1) is 14.7. The molecule has 1 unspecified atom stereocenters. The summed E-state index contributed by atoms with van der Waals surface area (Å²) < 4.78 is 26.2. The molecule has 2 aromatic carbocycles. The molecule has 1 atom stereocenters. The first kappa shape index (κ1) is 22.5. The summed E-state index contributed by atoms with van der Waals surface area (Å²) in [6.45, 7) is 3.43. The van der Waals surface area contributed by atoms with E-state index >= 15 is 0 Å². The Labute approximate surface area is 181 Å². The van der Waals surface area contributed by atoms with Gasteiger partial charge in [0.05, 0.1) is 5.56 Å². The first-order valence-corrected chi connectivity index (χ1v) is 11.3. The minimum absolute atomic E-state index is 0.0528. The average Bonchev–Trinajstić information content (AvgIpc) is 2.96. The Kier molecular flexibility index (Phi) is 6.45. The van der Waals surface area contributed by atoms with Gasteiger partial charge >= 0.3 is 0 Å². The number of nitrogens with one attached hydrogen (secondary N) is 1. The van der Waals surface area contributed by atoms with Crippen LogP contribution in [0.2, 0.25) is 0 Å². The molecule has 3 rings (SSSR count). The van der Waals surface area contributed by atoms with E-state index in [0.717, 1.165) is 15.4 Å². The number of nitrogens with zero attached hydrogens (tertiary/aromatic N) is 2. The van der Waals surface area contributed by atoms with Gasteiger partial charge in [-0.15, -0.1) is 0 Å². The molecule has 164 valence electrons. The molecule has 0 radical (unpaired) electrons. The third-order valence-electron chi connectivity index (χ3n) is 5.46. The number of aryl methyl sites for hydroxylation is 1. The fourth-order valence-corrected chi connectivity index (χ4v) is 5.13. The van der Waals surface area contributed by atoms with Crippen LogP contribution in [0, 0.1) is 6.92 Å². The van der Waals surface area contributed by atoms with Crippen LogP contribution in [0.3, 0.4) is 0 Å². The van der Waals surface area contributed by atoms with Crippen LogP contribution in [0.15, 0.2) is 53.4 Å². The van der Waals surface area contributed by atoms with Crippen LogP contribution in [-0.4, -0.2) is 55.0 Å². The minimum Gasteiger partial charge on any atom is -0.357 e. The monoisotopic (exact) mass is 443 g/mol. The molecule has 1 aliphatic rings. The van der Waals surface area contributed by atoms with Gasteiger partial charge in [0, 0.05) is 26.6 Å². The fourth-order valence-electron chi connectivity index (χ4n) is 3.56. The Bertz CT molecular complexity index is 1130. The lowest BCUT2D eigenvalue weighted by atomic mass is 10.1. The molecule has 0 saturated carbocycles. The summed E-state index contributed by atoms with van der Waals surface area (Å²) in [5.74, 6) is -1.40. The highest BCUT2D eigenvalue weighted by Gasteiger charge is 2.41. The van der Waals surface area contributed by atoms with Crippen molar-refractivity contribution >= 4 is 27.7 Å². The topological polar surface area (TPSA) is 104 Å². The van der Waals surface area contributed by atoms with Crippen molar-refractivity contribution in [1.29, 1.82) is 0 Å². The zero-order chi connectivity index (χ0) is 22.8. The predicted octanol–water partition coefficient (Wildman–Crippen LogP) is 1.69. The Balaban J connectivity index is 1.80. The standard InChI is InChI=1S/C22H25N3O5S/c1-15-8-4-5-9-17(15)14-24(16(2)21(27)23-3)20(26)12-13-25-22(28)18-10-6-7-11-19(18)31(25,29)30/h4-11,16H,12-14H2,1-3H3,(H,23,27). The summed E-state index contributed by atoms with van der Waals surface area (Å²) in [5, 5.41) is 2.54. The molecule has 0 bridgehead atoms. The van der Waals surface area contributed by atoms with E-state index in [1.165, 1.54) is 24.1 Å². The van der Waals surface area contributed by atoms with Gasteiger partial charge in [-0.2, -0.15) is 0 Å². The van der Waals surface area contributed by atoms with Crippen LogP contribution in [0.25, 0.3) is 0 Å². The van der Waals surface area contributed by atoms with Crippen LogP contribution >= 0.6 is 0 Å². The fraction of sp³-hybridized carbons (Fsp3) is 0.318. The molecule has 3 amide bonds. The van der Waals surface area contributed by atoms with Crippen molar-refractivity contribution < 1.29 is 22.8 Å². The van der Waals surface area contributed by atoms with Crippen molar-refractivity contribution in [3.63, 3.8) is 0 Å². The third-order valence-corrected chi connectivity index (χ3v) is 7.30. The molecule has 8 nitrogen and oxygen atoms in total. The number of fused-ring (bicyclic) bond motifs is 1. The normalized spacial score (nSPS) is 15.3. The number of carbonyl (C=O) groups is 3. The zero-order valence-corrected chi connectivity index (χ0v) is 18.5. The second kappa shape index (κ2) is 8.89. The van der Waals surface area contributed by atoms with Gasteiger partial charge in [0.15, 0.2) is 0 Å². The van der Waals surface area contributed by atoms with Gasteiger partial charge in [-0.25, -0.2) is 12.7 Å². The first-order valence-electron chi connectivity index (χ1n) is 9.90. The molecule has 2 aromatic rings. The number of amides is 3. The Morgan fingerprint density at radius 2 is 1.74 bits per heavy atom. The van der Waals surface area contributed by atoms with E-state index in [-0.39, 0.29) is 35.9 Å². The molecule has 1 N–H and O–H groups in total. The summed E-state index contributed by atoms with van der Waals surface area (Å²) in [6.07, 6.45) is -0.230. The maximum Gasteiger partial charge on any atom is 0.269 e. The highest BCUT2D eigenvalue weighted by atomic mass is 32.2. The second-order valence-electron chi connectivity index (χ2n) is 7.37. The minimum atomic E-state index is -3.99. The zero-order valence-electron chi connectivity index (χ0n) is 17.7. The summed E-state index contributed by atoms with van der Waals surface area (Å²) in [6, 6.07) is 12.7. The number of sulfonamides is 1. The summed E-state index contributed by atoms with van der Waals surface area (Å²) >= 11 is 0. The third kappa shape index (κ3) is 4.32. The molecule has 0 aliphatic carbocycles. The molecule has 9 heteroatoms. The lowest BCUT2D eigenvalue weighted by Gasteiger charge is -2.29. The number of likely N-dealkylation sites (N-methyl/N-ethyl adjacent to an activating group) is 1. The average molecular weight is 444 g/mol. The predicted molar refractivity (Wildman–Crippen MR) is 115 cm³/mol. The molecule has 0 spiro atoms. The van der Waals surface area contributed by atoms with Gasteiger partial charge in [0.2, 0.25) is 11.8 Å². The molecular weight excluding hydrogens is 418 g/mol. The van der Waals surface area contributed by atoms with Crippen molar-refractivity contribution in [3.05, 3.63) is 65.2 Å². The summed E-state index contributed by atoms with van der Waals surface area (Å²) in [5.41, 5.74) is 1.95. The number of hydrogen-bond donors (Lipinski definition) is 1. The summed E-state index contributed by atoms with van der Waals surface area (Å²) in [7, 11) is -2.50. The van der Waals surface area contributed by atoms with Crippen LogP contribution in [0.1, 0.15) is 34.8 Å². The lowest BCUT2D eigenvalue weighted by Crippen LogP contribution is -2.47. The molecule has 0 fully saturated rings. The number of hydrogen-bond acceptors (Lipinski definition) is 5. The largest absolute Gasteiger partial charge is 0.357 e. The summed E-state index contributed by atoms with van der Waals surface area (Å²) in [4.78, 5) is 39.2. The quantitative estimate of drug-likeness (QED) is 0.701. The van der Waals surface area contributed by atoms with E-state index in [9.17, 15) is 22.8 Å². The van der Waals surface area contributed by atoms with Gasteiger partial charge in [0.25, 0.3) is 15.9 Å². The smallest absolute Gasteiger partial charge is 0.269 e. The maximum absolute atomic E-state index is 13.1. The highest BCUT2D eigenvalue weighted by molar-refractivity contribution is 7.90. The van der Waals surface area contributed by atoms with Crippen LogP contribution < -0.4 is 5.32 Å². The van der Waals surface area contributed by atoms with Gasteiger partial charge in [-0.3, -0.25) is 14.4 Å². The number of rotatable bonds is 7. The molecule has 1 aliphatic heterocycles. The Morgan fingerprint density at radius 1 is 1.10 bits per heavy atom. The van der Waals surface area contributed by atoms with Crippen molar-refractivity contribution in [2.24, 2.45) is 0 Å². The van der Waals surface area contributed by atoms with E-state index < -0.39 is 27.9 Å². The molecule has 0 aromatic heterocycles. The van der Waals surface area contributed by atoms with E-state index in [4.69, 9.17) is 0 Å². The molecular formula is C22H25N3O5S. The van der Waals surface area contributed by atoms with Gasteiger partial charge in [-0.05, 0) is 37.1 Å². The van der Waals surface area contributed by atoms with E-state index in [1.54, 1.807) is 19.1 Å². The SMILES string of the molecule is CNC(=O)C(C)N(Cc1ccccc1C)C(=O)CCN1C(=O)c2ccccc2S1(=O)=O. The second-order valence-corrected chi connectivity index (χ2v) is 9.20. The van der Waals surface area contributed by atoms with Crippen molar-refractivity contribution in [3.8, 4) is 0 Å². The van der Waals surface area contributed by atoms with Crippen LogP contribution in [-0.2, 0) is 26.2 Å². The van der Waals surface area contributed by atoms with Gasteiger partial charge in [0.1, 0.15) is 10.9 Å². The van der Waals surface area contributed by atoms with Crippen LogP contribution in [0.4, 0.5) is 0 Å². The molecule has 1 heterocycles. The van der Waals surface area contributed by atoms with E-state index in [0.29, 0.717) is 0 Å². The Morgan fingerprint density at radius 3 is 2.39 bits per heavy atom. The van der Waals surface area contributed by atoms with Crippen molar-refractivity contribution in [2.45, 2.75) is 37.8 Å². The molecule has 0 saturated heterocycles. The lowest BCUT2D eigenvalue weighted by molar-refractivity contribution is -0.140. The van der Waals surface area contributed by atoms with Gasteiger partial charge in [-0.1, -0.05) is 36.4 Å². The number of carbonyl (C=O) groups excluding carboxylic acids is 3. The van der Waals surface area contributed by atoms with Crippen molar-refractivity contribution in [1.82, 2.24) is 14.5 Å².